The molecule has 0 spiro atoms. The molecule has 4 heteroatoms. The van der Waals surface area contributed by atoms with Gasteiger partial charge in [0, 0.05) is 19.7 Å². The molecule has 88 valence electrons. The molecule has 0 radical (unpaired) electrons. The minimum Gasteiger partial charge on any atom is -0.383 e. The van der Waals surface area contributed by atoms with Gasteiger partial charge in [-0.25, -0.2) is 8.78 Å². The number of alkyl halides is 2. The van der Waals surface area contributed by atoms with Crippen molar-refractivity contribution in [2.75, 3.05) is 26.8 Å². The van der Waals surface area contributed by atoms with Crippen LogP contribution in [0.3, 0.4) is 0 Å². The average molecular weight is 219 g/mol. The Labute approximate surface area is 89.9 Å². The number of allylic oxidation sites excluding steroid dienone is 1. The fraction of sp³-hybridized carbons (Fsp3) is 0.818. The molecule has 0 N–H and O–H groups in total. The standard InChI is InChI=1S/C11H19F2NO/c1-15-8-7-14(9-11(12)13)10-5-3-2-4-6-10/h3,5,10-11H,2,4,6-9H2,1H3. The first-order valence-corrected chi connectivity index (χ1v) is 5.42. The summed E-state index contributed by atoms with van der Waals surface area (Å²) in [5, 5.41) is 0. The number of halogens is 2. The lowest BCUT2D eigenvalue weighted by Gasteiger charge is -2.30. The van der Waals surface area contributed by atoms with Crippen LogP contribution in [0.25, 0.3) is 0 Å². The van der Waals surface area contributed by atoms with Gasteiger partial charge < -0.3 is 4.74 Å². The summed E-state index contributed by atoms with van der Waals surface area (Å²) in [7, 11) is 1.59. The Morgan fingerprint density at radius 3 is 2.87 bits per heavy atom. The van der Waals surface area contributed by atoms with Crippen molar-refractivity contribution in [1.82, 2.24) is 4.90 Å². The van der Waals surface area contributed by atoms with Gasteiger partial charge in [0.1, 0.15) is 0 Å². The maximum Gasteiger partial charge on any atom is 0.251 e. The normalized spacial score (nSPS) is 21.5. The van der Waals surface area contributed by atoms with E-state index >= 15 is 0 Å². The minimum atomic E-state index is -2.27. The fourth-order valence-electron chi connectivity index (χ4n) is 1.88. The van der Waals surface area contributed by atoms with Gasteiger partial charge in [0.2, 0.25) is 0 Å². The number of ether oxygens (including phenoxy) is 1. The molecule has 0 fully saturated rings. The van der Waals surface area contributed by atoms with Gasteiger partial charge in [-0.05, 0) is 19.3 Å². The summed E-state index contributed by atoms with van der Waals surface area (Å²) in [5.41, 5.74) is 0. The third-order valence-corrected chi connectivity index (χ3v) is 2.65. The number of methoxy groups -OCH3 is 1. The number of hydrogen-bond donors (Lipinski definition) is 0. The average Bonchev–Trinajstić information content (AvgIpc) is 2.25. The zero-order chi connectivity index (χ0) is 11.1. The molecule has 0 saturated heterocycles. The Morgan fingerprint density at radius 2 is 2.33 bits per heavy atom. The lowest BCUT2D eigenvalue weighted by molar-refractivity contribution is 0.0547. The summed E-state index contributed by atoms with van der Waals surface area (Å²) in [6.07, 6.45) is 5.00. The van der Waals surface area contributed by atoms with Crippen LogP contribution in [-0.2, 0) is 4.74 Å². The topological polar surface area (TPSA) is 12.5 Å². The molecule has 1 unspecified atom stereocenters. The highest BCUT2D eigenvalue weighted by Gasteiger charge is 2.20. The van der Waals surface area contributed by atoms with Gasteiger partial charge in [-0.15, -0.1) is 0 Å². The Bertz CT molecular complexity index is 197. The molecule has 1 aliphatic carbocycles. The highest BCUT2D eigenvalue weighted by Crippen LogP contribution is 2.17. The predicted molar refractivity (Wildman–Crippen MR) is 56.2 cm³/mol. The molecular formula is C11H19F2NO. The SMILES string of the molecule is COCCN(CC(F)F)C1C=CCCC1. The molecule has 0 aromatic rings. The van der Waals surface area contributed by atoms with Crippen molar-refractivity contribution in [3.8, 4) is 0 Å². The Morgan fingerprint density at radius 1 is 1.53 bits per heavy atom. The zero-order valence-corrected chi connectivity index (χ0v) is 9.16. The Hall–Kier alpha value is -0.480. The first-order valence-electron chi connectivity index (χ1n) is 5.42. The lowest BCUT2D eigenvalue weighted by atomic mass is 10.0. The predicted octanol–water partition coefficient (Wildman–Crippen LogP) is 2.31. The number of rotatable bonds is 6. The highest BCUT2D eigenvalue weighted by molar-refractivity contribution is 4.98. The van der Waals surface area contributed by atoms with E-state index in [1.165, 1.54) is 0 Å². The Balaban J connectivity index is 2.45. The van der Waals surface area contributed by atoms with Crippen molar-refractivity contribution >= 4 is 0 Å². The lowest BCUT2D eigenvalue weighted by Crippen LogP contribution is -2.40. The van der Waals surface area contributed by atoms with Crippen LogP contribution >= 0.6 is 0 Å². The summed E-state index contributed by atoms with van der Waals surface area (Å²) in [6.45, 7) is 0.936. The van der Waals surface area contributed by atoms with E-state index in [2.05, 4.69) is 6.08 Å². The van der Waals surface area contributed by atoms with Crippen molar-refractivity contribution < 1.29 is 13.5 Å². The van der Waals surface area contributed by atoms with E-state index in [-0.39, 0.29) is 12.6 Å². The molecule has 0 heterocycles. The highest BCUT2D eigenvalue weighted by atomic mass is 19.3. The van der Waals surface area contributed by atoms with Crippen LogP contribution in [0.2, 0.25) is 0 Å². The summed E-state index contributed by atoms with van der Waals surface area (Å²) >= 11 is 0. The first kappa shape index (κ1) is 12.6. The van der Waals surface area contributed by atoms with E-state index in [4.69, 9.17) is 4.74 Å². The van der Waals surface area contributed by atoms with Crippen LogP contribution in [0.15, 0.2) is 12.2 Å². The van der Waals surface area contributed by atoms with Crippen LogP contribution in [-0.4, -0.2) is 44.2 Å². The maximum atomic E-state index is 12.4. The molecule has 0 bridgehead atoms. The smallest absolute Gasteiger partial charge is 0.251 e. The van der Waals surface area contributed by atoms with Gasteiger partial charge in [0.05, 0.1) is 13.2 Å². The minimum absolute atomic E-state index is 0.154. The van der Waals surface area contributed by atoms with Gasteiger partial charge in [0.25, 0.3) is 6.43 Å². The molecule has 15 heavy (non-hydrogen) atoms. The van der Waals surface area contributed by atoms with E-state index in [9.17, 15) is 8.78 Å². The first-order chi connectivity index (χ1) is 7.24. The van der Waals surface area contributed by atoms with Crippen LogP contribution in [0.5, 0.6) is 0 Å². The molecule has 2 nitrogen and oxygen atoms in total. The quantitative estimate of drug-likeness (QED) is 0.636. The van der Waals surface area contributed by atoms with Gasteiger partial charge in [-0.2, -0.15) is 0 Å². The van der Waals surface area contributed by atoms with Crippen molar-refractivity contribution in [2.45, 2.75) is 31.7 Å². The monoisotopic (exact) mass is 219 g/mol. The van der Waals surface area contributed by atoms with Crippen LogP contribution < -0.4 is 0 Å². The van der Waals surface area contributed by atoms with Crippen LogP contribution in [0.1, 0.15) is 19.3 Å². The Kier molecular flexibility index (Phi) is 5.79. The van der Waals surface area contributed by atoms with Crippen molar-refractivity contribution in [1.29, 1.82) is 0 Å². The van der Waals surface area contributed by atoms with Crippen molar-refractivity contribution in [3.05, 3.63) is 12.2 Å². The second-order valence-electron chi connectivity index (χ2n) is 3.81. The third-order valence-electron chi connectivity index (χ3n) is 2.65. The molecule has 0 aromatic heterocycles. The molecule has 0 aliphatic heterocycles. The third kappa shape index (κ3) is 4.71. The van der Waals surface area contributed by atoms with Crippen molar-refractivity contribution in [3.63, 3.8) is 0 Å². The molecule has 1 rings (SSSR count). The molecule has 1 atom stereocenters. The molecule has 0 amide bonds. The zero-order valence-electron chi connectivity index (χ0n) is 9.16. The van der Waals surface area contributed by atoms with Crippen LogP contribution in [0.4, 0.5) is 8.78 Å². The summed E-state index contributed by atoms with van der Waals surface area (Å²) in [4.78, 5) is 1.81. The largest absolute Gasteiger partial charge is 0.383 e. The number of hydrogen-bond acceptors (Lipinski definition) is 2. The molecule has 0 saturated carbocycles. The van der Waals surface area contributed by atoms with Gasteiger partial charge in [-0.1, -0.05) is 12.2 Å². The molecular weight excluding hydrogens is 200 g/mol. The summed E-state index contributed by atoms with van der Waals surface area (Å²) < 4.78 is 29.7. The molecule has 1 aliphatic rings. The van der Waals surface area contributed by atoms with E-state index in [1.54, 1.807) is 7.11 Å². The second-order valence-corrected chi connectivity index (χ2v) is 3.81. The second kappa shape index (κ2) is 6.90. The summed E-state index contributed by atoms with van der Waals surface area (Å²) in [6, 6.07) is 0.169. The van der Waals surface area contributed by atoms with Gasteiger partial charge in [0.15, 0.2) is 0 Å². The maximum absolute atomic E-state index is 12.4. The fourth-order valence-corrected chi connectivity index (χ4v) is 1.88. The van der Waals surface area contributed by atoms with Gasteiger partial charge >= 0.3 is 0 Å². The van der Waals surface area contributed by atoms with E-state index in [0.29, 0.717) is 13.2 Å². The van der Waals surface area contributed by atoms with E-state index in [1.807, 2.05) is 11.0 Å². The van der Waals surface area contributed by atoms with Crippen LogP contribution in [0, 0.1) is 0 Å². The molecule has 0 aromatic carbocycles. The number of nitrogens with zero attached hydrogens (tertiary/aromatic N) is 1. The van der Waals surface area contributed by atoms with Gasteiger partial charge in [-0.3, -0.25) is 4.90 Å². The summed E-state index contributed by atoms with van der Waals surface area (Å²) in [5.74, 6) is 0. The van der Waals surface area contributed by atoms with Crippen molar-refractivity contribution in [2.24, 2.45) is 0 Å². The van der Waals surface area contributed by atoms with E-state index < -0.39 is 6.43 Å². The van der Waals surface area contributed by atoms with E-state index in [0.717, 1.165) is 19.3 Å².